The molecular weight excluding hydrogens is 258 g/mol. The number of nitrogens with two attached hydrogens (primary N) is 1. The Morgan fingerprint density at radius 2 is 2.29 bits per heavy atom. The van der Waals surface area contributed by atoms with Crippen molar-refractivity contribution in [1.82, 2.24) is 14.9 Å². The van der Waals surface area contributed by atoms with Crippen molar-refractivity contribution in [2.75, 3.05) is 25.5 Å². The highest BCUT2D eigenvalue weighted by molar-refractivity contribution is 7.89. The number of nitrogens with zero attached hydrogens (tertiary/aromatic N) is 1. The third kappa shape index (κ3) is 4.24. The molecule has 0 saturated heterocycles. The summed E-state index contributed by atoms with van der Waals surface area (Å²) in [4.78, 5) is -0.189. The molecule has 7 nitrogen and oxygen atoms in total. The fourth-order valence-electron chi connectivity index (χ4n) is 0.998. The molecule has 1 aromatic heterocycles. The molecular formula is C7H12F2N4O3S. The maximum atomic E-state index is 11.7. The maximum absolute atomic E-state index is 11.7. The van der Waals surface area contributed by atoms with Crippen LogP contribution in [0.4, 0.5) is 14.6 Å². The number of halogens is 2. The minimum Gasteiger partial charge on any atom is -0.383 e. The number of aromatic nitrogens is 2. The Balaban J connectivity index is 2.39. The van der Waals surface area contributed by atoms with Gasteiger partial charge >= 0.3 is 0 Å². The molecule has 4 N–H and O–H groups in total. The number of ether oxygens (including phenoxy) is 1. The molecule has 1 aromatic rings. The highest BCUT2D eigenvalue weighted by Gasteiger charge is 2.18. The van der Waals surface area contributed by atoms with Gasteiger partial charge in [0.25, 0.3) is 6.43 Å². The fourth-order valence-corrected chi connectivity index (χ4v) is 2.03. The standard InChI is InChI=1S/C7H12F2N4O3S/c8-6(9)4-16-2-1-12-17(14,15)5-3-11-13-7(5)10/h3,6,12H,1-2,4H2,(H3,10,11,13). The van der Waals surface area contributed by atoms with Crippen LogP contribution in [0.25, 0.3) is 0 Å². The quantitative estimate of drug-likeness (QED) is 0.581. The smallest absolute Gasteiger partial charge is 0.261 e. The third-order valence-corrected chi connectivity index (χ3v) is 3.19. The van der Waals surface area contributed by atoms with Crippen molar-refractivity contribution in [2.24, 2.45) is 0 Å². The molecule has 0 spiro atoms. The van der Waals surface area contributed by atoms with Gasteiger partial charge in [0.2, 0.25) is 10.0 Å². The summed E-state index contributed by atoms with van der Waals surface area (Å²) in [5.41, 5.74) is 5.33. The average Bonchev–Trinajstić information content (AvgIpc) is 2.64. The van der Waals surface area contributed by atoms with Crippen LogP contribution in [0.1, 0.15) is 0 Å². The van der Waals surface area contributed by atoms with Crippen molar-refractivity contribution in [3.05, 3.63) is 6.20 Å². The Labute approximate surface area is 96.4 Å². The summed E-state index contributed by atoms with van der Waals surface area (Å²) in [6, 6.07) is 0. The lowest BCUT2D eigenvalue weighted by molar-refractivity contribution is 0.0199. The number of anilines is 1. The van der Waals surface area contributed by atoms with Gasteiger partial charge in [0.05, 0.1) is 12.8 Å². The number of nitrogens with one attached hydrogen (secondary N) is 2. The normalized spacial score (nSPS) is 12.2. The molecule has 0 radical (unpaired) electrons. The van der Waals surface area contributed by atoms with Gasteiger partial charge in [0, 0.05) is 6.54 Å². The Kier molecular flexibility index (Phi) is 4.78. The van der Waals surface area contributed by atoms with Gasteiger partial charge in [-0.2, -0.15) is 5.10 Å². The van der Waals surface area contributed by atoms with Gasteiger partial charge in [-0.15, -0.1) is 0 Å². The molecule has 1 heterocycles. The Morgan fingerprint density at radius 1 is 1.59 bits per heavy atom. The van der Waals surface area contributed by atoms with Crippen LogP contribution in [0.3, 0.4) is 0 Å². The molecule has 0 aliphatic heterocycles. The first kappa shape index (κ1) is 13.8. The van der Waals surface area contributed by atoms with Gasteiger partial charge in [-0.05, 0) is 0 Å². The number of H-pyrrole nitrogens is 1. The largest absolute Gasteiger partial charge is 0.383 e. The molecule has 0 amide bonds. The summed E-state index contributed by atoms with van der Waals surface area (Å²) in [5.74, 6) is -0.0917. The molecule has 0 bridgehead atoms. The number of rotatable bonds is 7. The summed E-state index contributed by atoms with van der Waals surface area (Å²) in [6.45, 7) is -1.00. The molecule has 1 rings (SSSR count). The lowest BCUT2D eigenvalue weighted by atomic mass is 10.7. The second-order valence-corrected chi connectivity index (χ2v) is 4.75. The fraction of sp³-hybridized carbons (Fsp3) is 0.571. The van der Waals surface area contributed by atoms with Crippen LogP contribution in [-0.2, 0) is 14.8 Å². The molecule has 0 fully saturated rings. The van der Waals surface area contributed by atoms with E-state index in [1.807, 2.05) is 0 Å². The summed E-state index contributed by atoms with van der Waals surface area (Å²) >= 11 is 0. The lowest BCUT2D eigenvalue weighted by Gasteiger charge is -2.06. The number of nitrogen functional groups attached to an aromatic ring is 1. The topological polar surface area (TPSA) is 110 Å². The predicted molar refractivity (Wildman–Crippen MR) is 55.0 cm³/mol. The second-order valence-electron chi connectivity index (χ2n) is 3.01. The van der Waals surface area contributed by atoms with Gasteiger partial charge in [0.15, 0.2) is 0 Å². The van der Waals surface area contributed by atoms with E-state index in [2.05, 4.69) is 19.7 Å². The first-order valence-electron chi connectivity index (χ1n) is 4.58. The summed E-state index contributed by atoms with van der Waals surface area (Å²) in [7, 11) is -3.78. The predicted octanol–water partition coefficient (Wildman–Crippen LogP) is -0.448. The van der Waals surface area contributed by atoms with Gasteiger partial charge < -0.3 is 10.5 Å². The van der Waals surface area contributed by atoms with Crippen LogP contribution in [0.2, 0.25) is 0 Å². The highest BCUT2D eigenvalue weighted by atomic mass is 32.2. The molecule has 17 heavy (non-hydrogen) atoms. The van der Waals surface area contributed by atoms with E-state index in [-0.39, 0.29) is 23.9 Å². The second kappa shape index (κ2) is 5.89. The number of aromatic amines is 1. The van der Waals surface area contributed by atoms with Gasteiger partial charge in [0.1, 0.15) is 17.3 Å². The van der Waals surface area contributed by atoms with Crippen molar-refractivity contribution >= 4 is 15.8 Å². The monoisotopic (exact) mass is 270 g/mol. The zero-order chi connectivity index (χ0) is 12.9. The molecule has 0 saturated carbocycles. The van der Waals surface area contributed by atoms with Crippen LogP contribution in [-0.4, -0.2) is 44.8 Å². The Hall–Kier alpha value is -1.26. The number of hydrogen-bond donors (Lipinski definition) is 3. The minimum atomic E-state index is -3.78. The van der Waals surface area contributed by atoms with Crippen molar-refractivity contribution in [2.45, 2.75) is 11.3 Å². The van der Waals surface area contributed by atoms with Crippen LogP contribution in [0, 0.1) is 0 Å². The lowest BCUT2D eigenvalue weighted by Crippen LogP contribution is -2.28. The average molecular weight is 270 g/mol. The SMILES string of the molecule is Nc1[nH]ncc1S(=O)(=O)NCCOCC(F)F. The number of alkyl halides is 2. The van der Waals surface area contributed by atoms with Crippen molar-refractivity contribution < 1.29 is 21.9 Å². The zero-order valence-electron chi connectivity index (χ0n) is 8.69. The third-order valence-electron chi connectivity index (χ3n) is 1.70. The molecule has 0 unspecified atom stereocenters. The molecule has 0 aliphatic carbocycles. The molecule has 0 aliphatic rings. The van der Waals surface area contributed by atoms with E-state index in [1.165, 1.54) is 0 Å². The minimum absolute atomic E-state index is 0.0917. The van der Waals surface area contributed by atoms with Crippen LogP contribution in [0.5, 0.6) is 0 Å². The number of hydrogen-bond acceptors (Lipinski definition) is 5. The van der Waals surface area contributed by atoms with E-state index in [1.54, 1.807) is 0 Å². The van der Waals surface area contributed by atoms with Crippen molar-refractivity contribution in [3.63, 3.8) is 0 Å². The zero-order valence-corrected chi connectivity index (χ0v) is 9.51. The molecule has 98 valence electrons. The summed E-state index contributed by atoms with van der Waals surface area (Å²) in [5, 5.41) is 5.73. The van der Waals surface area contributed by atoms with Gasteiger partial charge in [-0.1, -0.05) is 0 Å². The number of sulfonamides is 1. The van der Waals surface area contributed by atoms with Crippen molar-refractivity contribution in [1.29, 1.82) is 0 Å². The Morgan fingerprint density at radius 3 is 2.82 bits per heavy atom. The molecule has 0 atom stereocenters. The first-order chi connectivity index (χ1) is 7.93. The summed E-state index contributed by atoms with van der Waals surface area (Å²) in [6.07, 6.45) is -1.52. The van der Waals surface area contributed by atoms with E-state index < -0.39 is 23.1 Å². The van der Waals surface area contributed by atoms with Crippen molar-refractivity contribution in [3.8, 4) is 0 Å². The van der Waals surface area contributed by atoms with E-state index in [0.29, 0.717) is 0 Å². The Bertz CT molecular complexity index is 448. The van der Waals surface area contributed by atoms with E-state index in [9.17, 15) is 17.2 Å². The highest BCUT2D eigenvalue weighted by Crippen LogP contribution is 2.12. The van der Waals surface area contributed by atoms with Gasteiger partial charge in [-0.25, -0.2) is 21.9 Å². The molecule has 10 heteroatoms. The van der Waals surface area contributed by atoms with E-state index >= 15 is 0 Å². The van der Waals surface area contributed by atoms with Crippen LogP contribution < -0.4 is 10.5 Å². The maximum Gasteiger partial charge on any atom is 0.261 e. The van der Waals surface area contributed by atoms with Crippen LogP contribution >= 0.6 is 0 Å². The molecule has 0 aromatic carbocycles. The van der Waals surface area contributed by atoms with Gasteiger partial charge in [-0.3, -0.25) is 5.10 Å². The van der Waals surface area contributed by atoms with E-state index in [0.717, 1.165) is 6.20 Å². The summed E-state index contributed by atoms with van der Waals surface area (Å²) < 4.78 is 53.1. The van der Waals surface area contributed by atoms with E-state index in [4.69, 9.17) is 5.73 Å². The van der Waals surface area contributed by atoms with Crippen LogP contribution in [0.15, 0.2) is 11.1 Å². The first-order valence-corrected chi connectivity index (χ1v) is 6.06.